The van der Waals surface area contributed by atoms with Gasteiger partial charge in [0.2, 0.25) is 0 Å². The van der Waals surface area contributed by atoms with Gasteiger partial charge in [0.1, 0.15) is 17.1 Å². The fourth-order valence-corrected chi connectivity index (χ4v) is 2.82. The SMILES string of the molecule is O=C(N/N=C/c1ccc(O)cc1)c1ccc(-c2cc(=O)c3ccccc3o2)cc1. The van der Waals surface area contributed by atoms with Crippen LogP contribution in [-0.2, 0) is 0 Å². The Morgan fingerprint density at radius 2 is 1.69 bits per heavy atom. The number of fused-ring (bicyclic) bond motifs is 1. The van der Waals surface area contributed by atoms with E-state index in [9.17, 15) is 14.7 Å². The third-order valence-electron chi connectivity index (χ3n) is 4.34. The predicted octanol–water partition coefficient (Wildman–Crippen LogP) is 3.93. The van der Waals surface area contributed by atoms with E-state index in [0.717, 1.165) is 5.56 Å². The Labute approximate surface area is 165 Å². The standard InChI is InChI=1S/C23H16N2O4/c26-18-11-5-15(6-12-18)14-24-25-23(28)17-9-7-16(8-10-17)22-13-20(27)19-3-1-2-4-21(19)29-22/h1-14,26H,(H,25,28)/b24-14+. The first-order valence-electron chi connectivity index (χ1n) is 8.86. The highest BCUT2D eigenvalue weighted by Gasteiger charge is 2.09. The predicted molar refractivity (Wildman–Crippen MR) is 111 cm³/mol. The molecule has 0 aliphatic heterocycles. The van der Waals surface area contributed by atoms with Crippen LogP contribution in [0, 0.1) is 0 Å². The zero-order chi connectivity index (χ0) is 20.2. The third-order valence-corrected chi connectivity index (χ3v) is 4.34. The summed E-state index contributed by atoms with van der Waals surface area (Å²) in [5.74, 6) is 0.228. The number of hydrogen-bond donors (Lipinski definition) is 2. The molecule has 0 fully saturated rings. The minimum atomic E-state index is -0.369. The molecule has 1 heterocycles. The molecule has 0 atom stereocenters. The molecule has 1 aromatic heterocycles. The maximum Gasteiger partial charge on any atom is 0.271 e. The lowest BCUT2D eigenvalue weighted by Gasteiger charge is -2.05. The molecule has 0 bridgehead atoms. The van der Waals surface area contributed by atoms with Crippen molar-refractivity contribution in [2.75, 3.05) is 0 Å². The number of hydrazone groups is 1. The van der Waals surface area contributed by atoms with E-state index in [1.165, 1.54) is 24.4 Å². The minimum Gasteiger partial charge on any atom is -0.508 e. The molecule has 3 aromatic carbocycles. The van der Waals surface area contributed by atoms with Gasteiger partial charge < -0.3 is 9.52 Å². The molecule has 1 amide bonds. The minimum absolute atomic E-state index is 0.118. The molecule has 0 spiro atoms. The molecule has 142 valence electrons. The number of nitrogens with one attached hydrogen (secondary N) is 1. The zero-order valence-electron chi connectivity index (χ0n) is 15.2. The van der Waals surface area contributed by atoms with Crippen LogP contribution < -0.4 is 10.9 Å². The number of nitrogens with zero attached hydrogens (tertiary/aromatic N) is 1. The average molecular weight is 384 g/mol. The summed E-state index contributed by atoms with van der Waals surface area (Å²) in [6, 6.07) is 21.6. The van der Waals surface area contributed by atoms with Crippen LogP contribution in [0.3, 0.4) is 0 Å². The quantitative estimate of drug-likeness (QED) is 0.412. The summed E-state index contributed by atoms with van der Waals surface area (Å²) in [4.78, 5) is 24.5. The van der Waals surface area contributed by atoms with E-state index in [2.05, 4.69) is 10.5 Å². The number of benzene rings is 3. The number of carbonyl (C=O) groups is 1. The summed E-state index contributed by atoms with van der Waals surface area (Å²) in [6.45, 7) is 0. The van der Waals surface area contributed by atoms with Crippen molar-refractivity contribution < 1.29 is 14.3 Å². The Morgan fingerprint density at radius 1 is 0.966 bits per heavy atom. The number of hydrogen-bond acceptors (Lipinski definition) is 5. The van der Waals surface area contributed by atoms with Crippen LogP contribution in [0.2, 0.25) is 0 Å². The van der Waals surface area contributed by atoms with Crippen molar-refractivity contribution in [1.82, 2.24) is 5.43 Å². The molecule has 0 radical (unpaired) electrons. The second kappa shape index (κ2) is 7.82. The van der Waals surface area contributed by atoms with Gasteiger partial charge in [-0.25, -0.2) is 5.43 Å². The number of para-hydroxylation sites is 1. The van der Waals surface area contributed by atoms with E-state index in [4.69, 9.17) is 4.42 Å². The van der Waals surface area contributed by atoms with E-state index in [0.29, 0.717) is 27.9 Å². The van der Waals surface area contributed by atoms with Gasteiger partial charge in [0.25, 0.3) is 5.91 Å². The van der Waals surface area contributed by atoms with Crippen molar-refractivity contribution in [3.05, 3.63) is 100 Å². The van der Waals surface area contributed by atoms with Crippen molar-refractivity contribution in [1.29, 1.82) is 0 Å². The molecule has 0 unspecified atom stereocenters. The molecule has 0 saturated carbocycles. The van der Waals surface area contributed by atoms with Gasteiger partial charge in [-0.1, -0.05) is 24.3 Å². The van der Waals surface area contributed by atoms with E-state index in [-0.39, 0.29) is 17.1 Å². The van der Waals surface area contributed by atoms with Gasteiger partial charge >= 0.3 is 0 Å². The Bertz CT molecular complexity index is 1260. The summed E-state index contributed by atoms with van der Waals surface area (Å²) in [6.07, 6.45) is 1.48. The van der Waals surface area contributed by atoms with Gasteiger partial charge in [-0.05, 0) is 54.1 Å². The van der Waals surface area contributed by atoms with Crippen LogP contribution in [0.5, 0.6) is 5.75 Å². The number of aromatic hydroxyl groups is 1. The topological polar surface area (TPSA) is 91.9 Å². The smallest absolute Gasteiger partial charge is 0.271 e. The van der Waals surface area contributed by atoms with E-state index in [1.54, 1.807) is 60.7 Å². The molecular weight excluding hydrogens is 368 g/mol. The molecule has 4 rings (SSSR count). The Morgan fingerprint density at radius 3 is 2.45 bits per heavy atom. The summed E-state index contributed by atoms with van der Waals surface area (Å²) < 4.78 is 5.81. The summed E-state index contributed by atoms with van der Waals surface area (Å²) >= 11 is 0. The average Bonchev–Trinajstić information content (AvgIpc) is 2.75. The number of rotatable bonds is 4. The number of carbonyl (C=O) groups excluding carboxylic acids is 1. The second-order valence-corrected chi connectivity index (χ2v) is 6.34. The molecule has 4 aromatic rings. The van der Waals surface area contributed by atoms with Crippen molar-refractivity contribution in [3.8, 4) is 17.1 Å². The molecule has 6 nitrogen and oxygen atoms in total. The number of amides is 1. The van der Waals surface area contributed by atoms with Crippen LogP contribution in [0.1, 0.15) is 15.9 Å². The molecule has 0 aliphatic carbocycles. The lowest BCUT2D eigenvalue weighted by molar-refractivity contribution is 0.0955. The largest absolute Gasteiger partial charge is 0.508 e. The molecule has 29 heavy (non-hydrogen) atoms. The van der Waals surface area contributed by atoms with Crippen LogP contribution in [0.15, 0.2) is 93.2 Å². The van der Waals surface area contributed by atoms with Crippen molar-refractivity contribution in [3.63, 3.8) is 0 Å². The lowest BCUT2D eigenvalue weighted by Crippen LogP contribution is -2.17. The first-order chi connectivity index (χ1) is 14.1. The normalized spacial score (nSPS) is 11.0. The Hall–Kier alpha value is -4.19. The fourth-order valence-electron chi connectivity index (χ4n) is 2.82. The highest BCUT2D eigenvalue weighted by Crippen LogP contribution is 2.22. The first kappa shape index (κ1) is 18.2. The molecule has 0 saturated heterocycles. The van der Waals surface area contributed by atoms with E-state index in [1.807, 2.05) is 0 Å². The van der Waals surface area contributed by atoms with E-state index >= 15 is 0 Å². The molecule has 0 aliphatic rings. The van der Waals surface area contributed by atoms with Crippen LogP contribution in [0.25, 0.3) is 22.3 Å². The molecule has 2 N–H and O–H groups in total. The second-order valence-electron chi connectivity index (χ2n) is 6.34. The van der Waals surface area contributed by atoms with Crippen molar-refractivity contribution in [2.24, 2.45) is 5.10 Å². The summed E-state index contributed by atoms with van der Waals surface area (Å²) in [7, 11) is 0. The number of phenols is 1. The van der Waals surface area contributed by atoms with Gasteiger partial charge in [-0.3, -0.25) is 9.59 Å². The lowest BCUT2D eigenvalue weighted by atomic mass is 10.1. The van der Waals surface area contributed by atoms with Gasteiger partial charge in [0.05, 0.1) is 11.6 Å². The number of phenolic OH excluding ortho intramolecular Hbond substituents is 1. The van der Waals surface area contributed by atoms with Gasteiger partial charge in [-0.2, -0.15) is 5.10 Å². The maximum atomic E-state index is 12.2. The van der Waals surface area contributed by atoms with Crippen LogP contribution in [0.4, 0.5) is 0 Å². The third kappa shape index (κ3) is 4.06. The fraction of sp³-hybridized carbons (Fsp3) is 0. The van der Waals surface area contributed by atoms with E-state index < -0.39 is 0 Å². The van der Waals surface area contributed by atoms with Gasteiger partial charge in [0.15, 0.2) is 5.43 Å². The maximum absolute atomic E-state index is 12.2. The highest BCUT2D eigenvalue weighted by atomic mass is 16.3. The highest BCUT2D eigenvalue weighted by molar-refractivity contribution is 5.95. The van der Waals surface area contributed by atoms with Crippen molar-refractivity contribution in [2.45, 2.75) is 0 Å². The summed E-state index contributed by atoms with van der Waals surface area (Å²) in [5, 5.41) is 13.7. The molecule has 6 heteroatoms. The Kier molecular flexibility index (Phi) is 4.90. The van der Waals surface area contributed by atoms with Crippen molar-refractivity contribution >= 4 is 23.1 Å². The van der Waals surface area contributed by atoms with Gasteiger partial charge in [-0.15, -0.1) is 0 Å². The summed E-state index contributed by atoms with van der Waals surface area (Å²) in [5.41, 5.74) is 4.69. The van der Waals surface area contributed by atoms with Crippen LogP contribution >= 0.6 is 0 Å². The molecular formula is C23H16N2O4. The first-order valence-corrected chi connectivity index (χ1v) is 8.86. The van der Waals surface area contributed by atoms with Crippen LogP contribution in [-0.4, -0.2) is 17.2 Å². The Balaban J connectivity index is 1.49. The zero-order valence-corrected chi connectivity index (χ0v) is 15.2. The monoisotopic (exact) mass is 384 g/mol. The van der Waals surface area contributed by atoms with Gasteiger partial charge in [0, 0.05) is 17.2 Å².